The fourth-order valence-corrected chi connectivity index (χ4v) is 4.05. The molecule has 1 aromatic carbocycles. The van der Waals surface area contributed by atoms with Crippen LogP contribution < -0.4 is 5.32 Å². The average Bonchev–Trinajstić information content (AvgIpc) is 3.34. The fourth-order valence-electron chi connectivity index (χ4n) is 4.05. The Morgan fingerprint density at radius 2 is 2.07 bits per heavy atom. The summed E-state index contributed by atoms with van der Waals surface area (Å²) in [5, 5.41) is 19.4. The summed E-state index contributed by atoms with van der Waals surface area (Å²) in [5.41, 5.74) is 2.58. The molecule has 4 aromatic rings. The highest BCUT2D eigenvalue weighted by Gasteiger charge is 2.16. The predicted octanol–water partition coefficient (Wildman–Crippen LogP) is 3.97. The van der Waals surface area contributed by atoms with E-state index in [9.17, 15) is 5.11 Å². The molecule has 3 N–H and O–H groups in total. The third kappa shape index (κ3) is 2.89. The highest BCUT2D eigenvalue weighted by Crippen LogP contribution is 2.30. The predicted molar refractivity (Wildman–Crippen MR) is 105 cm³/mol. The molecule has 27 heavy (non-hydrogen) atoms. The highest BCUT2D eigenvalue weighted by atomic mass is 16.3. The molecule has 0 amide bonds. The quantitative estimate of drug-likeness (QED) is 0.511. The molecule has 7 nitrogen and oxygen atoms in total. The van der Waals surface area contributed by atoms with Crippen LogP contribution in [0.2, 0.25) is 0 Å². The first-order valence-electron chi connectivity index (χ1n) is 9.52. The van der Waals surface area contributed by atoms with E-state index in [2.05, 4.69) is 25.4 Å². The van der Waals surface area contributed by atoms with Gasteiger partial charge in [-0.15, -0.1) is 0 Å². The summed E-state index contributed by atoms with van der Waals surface area (Å²) in [5.74, 6) is 1.68. The van der Waals surface area contributed by atoms with Crippen LogP contribution in [0.15, 0.2) is 36.9 Å². The van der Waals surface area contributed by atoms with Gasteiger partial charge in [0.05, 0.1) is 11.9 Å². The van der Waals surface area contributed by atoms with Crippen LogP contribution in [-0.4, -0.2) is 36.2 Å². The van der Waals surface area contributed by atoms with Crippen LogP contribution in [0, 0.1) is 5.92 Å². The van der Waals surface area contributed by atoms with Gasteiger partial charge in [0, 0.05) is 29.1 Å². The van der Waals surface area contributed by atoms with Crippen molar-refractivity contribution >= 4 is 22.2 Å². The van der Waals surface area contributed by atoms with Crippen LogP contribution in [-0.2, 0) is 0 Å². The van der Waals surface area contributed by atoms with Gasteiger partial charge in [-0.3, -0.25) is 0 Å². The smallest absolute Gasteiger partial charge is 0.198 e. The van der Waals surface area contributed by atoms with Gasteiger partial charge < -0.3 is 15.4 Å². The SMILES string of the molecule is Oc1[nH]cc2cc(-c3cnc(NCC4CCCCC4)c4ncnn34)ccc12. The van der Waals surface area contributed by atoms with E-state index in [0.29, 0.717) is 5.92 Å². The summed E-state index contributed by atoms with van der Waals surface area (Å²) in [7, 11) is 0. The van der Waals surface area contributed by atoms with Gasteiger partial charge in [-0.2, -0.15) is 5.10 Å². The number of aromatic nitrogens is 5. The molecule has 0 unspecified atom stereocenters. The highest BCUT2D eigenvalue weighted by molar-refractivity contribution is 5.91. The number of nitrogens with zero attached hydrogens (tertiary/aromatic N) is 4. The zero-order valence-corrected chi connectivity index (χ0v) is 15.0. The second-order valence-electron chi connectivity index (χ2n) is 7.31. The minimum atomic E-state index is 0.183. The van der Waals surface area contributed by atoms with Crippen LogP contribution in [0.4, 0.5) is 5.82 Å². The van der Waals surface area contributed by atoms with Crippen LogP contribution >= 0.6 is 0 Å². The van der Waals surface area contributed by atoms with Gasteiger partial charge in [-0.25, -0.2) is 14.5 Å². The molecule has 1 aliphatic carbocycles. The van der Waals surface area contributed by atoms with Gasteiger partial charge in [0.2, 0.25) is 0 Å². The van der Waals surface area contributed by atoms with Crippen molar-refractivity contribution in [1.29, 1.82) is 0 Å². The van der Waals surface area contributed by atoms with Gasteiger partial charge in [0.15, 0.2) is 17.3 Å². The minimum Gasteiger partial charge on any atom is -0.494 e. The molecule has 1 saturated carbocycles. The van der Waals surface area contributed by atoms with Gasteiger partial charge in [0.1, 0.15) is 6.33 Å². The zero-order valence-electron chi connectivity index (χ0n) is 15.0. The Balaban J connectivity index is 1.47. The monoisotopic (exact) mass is 362 g/mol. The topological polar surface area (TPSA) is 91.1 Å². The third-order valence-corrected chi connectivity index (χ3v) is 5.55. The van der Waals surface area contributed by atoms with Gasteiger partial charge in [-0.1, -0.05) is 25.3 Å². The molecule has 5 rings (SSSR count). The lowest BCUT2D eigenvalue weighted by molar-refractivity contribution is 0.373. The molecular formula is C20H22N6O. The number of rotatable bonds is 4. The van der Waals surface area contributed by atoms with Crippen molar-refractivity contribution in [3.63, 3.8) is 0 Å². The first-order valence-corrected chi connectivity index (χ1v) is 9.52. The maximum absolute atomic E-state index is 9.81. The number of anilines is 1. The molecule has 138 valence electrons. The summed E-state index contributed by atoms with van der Waals surface area (Å²) in [6.07, 6.45) is 11.8. The maximum atomic E-state index is 9.81. The zero-order chi connectivity index (χ0) is 18.2. The van der Waals surface area contributed by atoms with E-state index in [1.165, 1.54) is 32.1 Å². The number of benzene rings is 1. The van der Waals surface area contributed by atoms with E-state index in [1.807, 2.05) is 28.9 Å². The Hall–Kier alpha value is -3.09. The lowest BCUT2D eigenvalue weighted by Crippen LogP contribution is -2.18. The van der Waals surface area contributed by atoms with Crippen LogP contribution in [0.25, 0.3) is 27.7 Å². The number of fused-ring (bicyclic) bond motifs is 2. The largest absolute Gasteiger partial charge is 0.494 e. The molecule has 0 spiro atoms. The lowest BCUT2D eigenvalue weighted by atomic mass is 9.89. The van der Waals surface area contributed by atoms with E-state index in [0.717, 1.165) is 40.0 Å². The summed E-state index contributed by atoms with van der Waals surface area (Å²) >= 11 is 0. The molecule has 0 saturated heterocycles. The van der Waals surface area contributed by atoms with Crippen molar-refractivity contribution in [1.82, 2.24) is 24.6 Å². The second-order valence-corrected chi connectivity index (χ2v) is 7.31. The van der Waals surface area contributed by atoms with Crippen LogP contribution in [0.5, 0.6) is 5.88 Å². The van der Waals surface area contributed by atoms with E-state index in [1.54, 1.807) is 12.5 Å². The molecule has 3 heterocycles. The summed E-state index contributed by atoms with van der Waals surface area (Å²) in [6.45, 7) is 0.934. The molecule has 3 aromatic heterocycles. The van der Waals surface area contributed by atoms with Crippen LogP contribution in [0.1, 0.15) is 32.1 Å². The molecule has 7 heteroatoms. The van der Waals surface area contributed by atoms with Gasteiger partial charge in [0.25, 0.3) is 0 Å². The number of aromatic hydroxyl groups is 1. The van der Waals surface area contributed by atoms with Crippen LogP contribution in [0.3, 0.4) is 0 Å². The Bertz CT molecular complexity index is 1090. The molecule has 0 bridgehead atoms. The first kappa shape index (κ1) is 16.1. The Morgan fingerprint density at radius 3 is 2.96 bits per heavy atom. The maximum Gasteiger partial charge on any atom is 0.198 e. The molecule has 0 aliphatic heterocycles. The van der Waals surface area contributed by atoms with Crippen molar-refractivity contribution in [2.45, 2.75) is 32.1 Å². The number of nitrogens with one attached hydrogen (secondary N) is 2. The summed E-state index contributed by atoms with van der Waals surface area (Å²) < 4.78 is 1.82. The van der Waals surface area contributed by atoms with Crippen molar-refractivity contribution in [3.8, 4) is 17.1 Å². The Labute approximate surface area is 156 Å². The summed E-state index contributed by atoms with van der Waals surface area (Å²) in [4.78, 5) is 11.9. The number of hydrogen-bond acceptors (Lipinski definition) is 5. The Morgan fingerprint density at radius 1 is 1.19 bits per heavy atom. The molecule has 1 fully saturated rings. The number of hydrogen-bond donors (Lipinski definition) is 3. The average molecular weight is 362 g/mol. The Kier molecular flexibility index (Phi) is 3.92. The molecular weight excluding hydrogens is 340 g/mol. The minimum absolute atomic E-state index is 0.183. The van der Waals surface area contributed by atoms with Crippen molar-refractivity contribution in [2.75, 3.05) is 11.9 Å². The standard InChI is InChI=1S/C20H22N6O/c27-20-16-7-6-14(8-15(16)10-23-20)17-11-22-18(19-24-12-25-26(17)19)21-9-13-4-2-1-3-5-13/h6-8,10-13,23,27H,1-5,9H2,(H,21,22). The van der Waals surface area contributed by atoms with E-state index >= 15 is 0 Å². The van der Waals surface area contributed by atoms with Crippen molar-refractivity contribution in [3.05, 3.63) is 36.9 Å². The van der Waals surface area contributed by atoms with Crippen molar-refractivity contribution in [2.24, 2.45) is 5.92 Å². The number of aromatic amines is 1. The van der Waals surface area contributed by atoms with Gasteiger partial charge in [-0.05, 0) is 30.9 Å². The van der Waals surface area contributed by atoms with Crippen molar-refractivity contribution < 1.29 is 5.11 Å². The normalized spacial score (nSPS) is 15.6. The molecule has 0 atom stereocenters. The second kappa shape index (κ2) is 6.57. The van der Waals surface area contributed by atoms with E-state index < -0.39 is 0 Å². The molecule has 1 aliphatic rings. The van der Waals surface area contributed by atoms with E-state index in [4.69, 9.17) is 0 Å². The lowest BCUT2D eigenvalue weighted by Gasteiger charge is -2.22. The summed E-state index contributed by atoms with van der Waals surface area (Å²) in [6, 6.07) is 5.87. The fraction of sp³-hybridized carbons (Fsp3) is 0.350. The van der Waals surface area contributed by atoms with E-state index in [-0.39, 0.29) is 5.88 Å². The van der Waals surface area contributed by atoms with Gasteiger partial charge >= 0.3 is 0 Å². The number of H-pyrrole nitrogens is 1. The molecule has 0 radical (unpaired) electrons. The third-order valence-electron chi connectivity index (χ3n) is 5.55. The first-order chi connectivity index (χ1) is 13.3.